The first kappa shape index (κ1) is 27.3. The first-order valence-corrected chi connectivity index (χ1v) is 13.6. The number of sulfonamides is 1. The van der Waals surface area contributed by atoms with Crippen LogP contribution in [0.2, 0.25) is 0 Å². The first-order chi connectivity index (χ1) is 17.8. The SMILES string of the molecule is Cc1cc(COc2ccc(S(=O)(=O)N[C@@H]3CN(C(=O)OC(C)(C)C)C[C@@H]3C(=O)O)cc2)c2ccccc2n1. The van der Waals surface area contributed by atoms with E-state index in [1.807, 2.05) is 37.3 Å². The lowest BCUT2D eigenvalue weighted by Crippen LogP contribution is -2.43. The third kappa shape index (κ3) is 6.40. The van der Waals surface area contributed by atoms with Crippen molar-refractivity contribution in [2.45, 2.75) is 50.8 Å². The summed E-state index contributed by atoms with van der Waals surface area (Å²) in [4.78, 5) is 29.9. The molecule has 38 heavy (non-hydrogen) atoms. The van der Waals surface area contributed by atoms with Crippen LogP contribution in [0.3, 0.4) is 0 Å². The van der Waals surface area contributed by atoms with E-state index in [9.17, 15) is 23.1 Å². The summed E-state index contributed by atoms with van der Waals surface area (Å²) in [5.74, 6) is -1.84. The Labute approximate surface area is 221 Å². The quantitative estimate of drug-likeness (QED) is 0.462. The van der Waals surface area contributed by atoms with Gasteiger partial charge in [0.15, 0.2) is 0 Å². The number of carbonyl (C=O) groups is 2. The monoisotopic (exact) mass is 541 g/mol. The number of amides is 1. The number of hydrogen-bond donors (Lipinski definition) is 2. The highest BCUT2D eigenvalue weighted by Gasteiger charge is 2.43. The molecule has 2 aromatic carbocycles. The molecule has 0 saturated carbocycles. The summed E-state index contributed by atoms with van der Waals surface area (Å²) in [7, 11) is -4.07. The highest BCUT2D eigenvalue weighted by atomic mass is 32.2. The second-order valence-corrected chi connectivity index (χ2v) is 12.0. The number of likely N-dealkylation sites (tertiary alicyclic amines) is 1. The van der Waals surface area contributed by atoms with Crippen molar-refractivity contribution < 1.29 is 32.6 Å². The first-order valence-electron chi connectivity index (χ1n) is 12.1. The van der Waals surface area contributed by atoms with Crippen LogP contribution >= 0.6 is 0 Å². The predicted molar refractivity (Wildman–Crippen MR) is 140 cm³/mol. The van der Waals surface area contributed by atoms with Crippen molar-refractivity contribution in [1.82, 2.24) is 14.6 Å². The van der Waals surface area contributed by atoms with E-state index >= 15 is 0 Å². The average molecular weight is 542 g/mol. The Morgan fingerprint density at radius 2 is 1.79 bits per heavy atom. The summed E-state index contributed by atoms with van der Waals surface area (Å²) >= 11 is 0. The molecule has 1 aliphatic rings. The van der Waals surface area contributed by atoms with Gasteiger partial charge in [-0.3, -0.25) is 9.78 Å². The summed E-state index contributed by atoms with van der Waals surface area (Å²) in [6.45, 7) is 7.00. The highest BCUT2D eigenvalue weighted by molar-refractivity contribution is 7.89. The normalized spacial score (nSPS) is 17.9. The topological polar surface area (TPSA) is 135 Å². The van der Waals surface area contributed by atoms with Crippen LogP contribution in [0, 0.1) is 12.8 Å². The molecule has 1 amide bonds. The smallest absolute Gasteiger partial charge is 0.410 e. The minimum atomic E-state index is -4.07. The lowest BCUT2D eigenvalue weighted by Gasteiger charge is -2.24. The van der Waals surface area contributed by atoms with Crippen LogP contribution in [-0.2, 0) is 26.2 Å². The van der Waals surface area contributed by atoms with Gasteiger partial charge < -0.3 is 19.5 Å². The fourth-order valence-corrected chi connectivity index (χ4v) is 5.57. The van der Waals surface area contributed by atoms with Crippen LogP contribution in [0.25, 0.3) is 10.9 Å². The van der Waals surface area contributed by atoms with Crippen LogP contribution in [0.1, 0.15) is 32.0 Å². The molecule has 1 aliphatic heterocycles. The van der Waals surface area contributed by atoms with Crippen LogP contribution in [-0.4, -0.2) is 60.2 Å². The van der Waals surface area contributed by atoms with Crippen molar-refractivity contribution in [1.29, 1.82) is 0 Å². The Balaban J connectivity index is 1.44. The Morgan fingerprint density at radius 3 is 2.45 bits per heavy atom. The van der Waals surface area contributed by atoms with Gasteiger partial charge in [-0.25, -0.2) is 17.9 Å². The van der Waals surface area contributed by atoms with Crippen molar-refractivity contribution in [3.05, 3.63) is 65.9 Å². The van der Waals surface area contributed by atoms with Crippen LogP contribution < -0.4 is 9.46 Å². The second kappa shape index (κ2) is 10.6. The Bertz CT molecular complexity index is 1450. The fourth-order valence-electron chi connectivity index (χ4n) is 4.31. The number of nitrogens with one attached hydrogen (secondary N) is 1. The molecule has 0 spiro atoms. The maximum absolute atomic E-state index is 13.0. The molecular formula is C27H31N3O7S. The number of carbonyl (C=O) groups excluding carboxylic acids is 1. The van der Waals surface area contributed by atoms with Gasteiger partial charge in [0.25, 0.3) is 0 Å². The molecule has 0 bridgehead atoms. The number of ether oxygens (including phenoxy) is 2. The Kier molecular flexibility index (Phi) is 7.61. The predicted octanol–water partition coefficient (Wildman–Crippen LogP) is 3.72. The highest BCUT2D eigenvalue weighted by Crippen LogP contribution is 2.25. The number of para-hydroxylation sites is 1. The van der Waals surface area contributed by atoms with Crippen LogP contribution in [0.4, 0.5) is 4.79 Å². The molecule has 0 radical (unpaired) electrons. The van der Waals surface area contributed by atoms with Gasteiger partial charge in [0, 0.05) is 29.7 Å². The van der Waals surface area contributed by atoms with E-state index < -0.39 is 39.6 Å². The van der Waals surface area contributed by atoms with Crippen molar-refractivity contribution in [3.63, 3.8) is 0 Å². The van der Waals surface area contributed by atoms with Gasteiger partial charge in [0.05, 0.1) is 22.4 Å². The van der Waals surface area contributed by atoms with Crippen molar-refractivity contribution in [3.8, 4) is 5.75 Å². The third-order valence-corrected chi connectivity index (χ3v) is 7.56. The van der Waals surface area contributed by atoms with Gasteiger partial charge in [-0.05, 0) is 64.1 Å². The number of benzene rings is 2. The van der Waals surface area contributed by atoms with E-state index in [0.717, 1.165) is 22.2 Å². The molecule has 4 rings (SSSR count). The van der Waals surface area contributed by atoms with Crippen molar-refractivity contribution >= 4 is 33.0 Å². The zero-order valence-electron chi connectivity index (χ0n) is 21.7. The molecule has 0 unspecified atom stereocenters. The summed E-state index contributed by atoms with van der Waals surface area (Å²) in [6, 6.07) is 14.6. The van der Waals surface area contributed by atoms with Crippen molar-refractivity contribution in [2.75, 3.05) is 13.1 Å². The third-order valence-electron chi connectivity index (χ3n) is 6.05. The second-order valence-electron chi connectivity index (χ2n) is 10.3. The molecule has 11 heteroatoms. The number of fused-ring (bicyclic) bond motifs is 1. The molecule has 0 aliphatic carbocycles. The number of hydrogen-bond acceptors (Lipinski definition) is 7. The van der Waals surface area contributed by atoms with E-state index in [1.165, 1.54) is 17.0 Å². The zero-order chi connectivity index (χ0) is 27.7. The molecule has 10 nitrogen and oxygen atoms in total. The van der Waals surface area contributed by atoms with E-state index in [1.54, 1.807) is 32.9 Å². The van der Waals surface area contributed by atoms with Crippen molar-refractivity contribution in [2.24, 2.45) is 5.92 Å². The molecule has 3 aromatic rings. The number of rotatable bonds is 7. The molecule has 2 N–H and O–H groups in total. The number of aryl methyl sites for hydroxylation is 1. The largest absolute Gasteiger partial charge is 0.489 e. The van der Waals surface area contributed by atoms with Gasteiger partial charge in [0.2, 0.25) is 10.0 Å². The van der Waals surface area contributed by atoms with Crippen LogP contribution in [0.5, 0.6) is 5.75 Å². The zero-order valence-corrected chi connectivity index (χ0v) is 22.5. The standard InChI is InChI=1S/C27H31N3O7S/c1-17-13-18(21-7-5-6-8-23(21)28-17)16-36-19-9-11-20(12-10-19)38(34,35)29-24-15-30(14-22(24)25(31)32)26(33)37-27(2,3)4/h5-13,22,24,29H,14-16H2,1-4H3,(H,31,32)/t22-,24+/m0/s1. The molecule has 2 atom stereocenters. The van der Waals surface area contributed by atoms with E-state index in [0.29, 0.717) is 5.75 Å². The maximum atomic E-state index is 13.0. The molecular weight excluding hydrogens is 510 g/mol. The Morgan fingerprint density at radius 1 is 1.11 bits per heavy atom. The molecule has 202 valence electrons. The van der Waals surface area contributed by atoms with E-state index in [4.69, 9.17) is 9.47 Å². The van der Waals surface area contributed by atoms with E-state index in [-0.39, 0.29) is 24.6 Å². The van der Waals surface area contributed by atoms with E-state index in [2.05, 4.69) is 9.71 Å². The molecule has 1 saturated heterocycles. The average Bonchev–Trinajstić information content (AvgIpc) is 3.25. The van der Waals surface area contributed by atoms with Gasteiger partial charge in [-0.1, -0.05) is 18.2 Å². The van der Waals surface area contributed by atoms with Crippen LogP contribution in [0.15, 0.2) is 59.5 Å². The summed E-state index contributed by atoms with van der Waals surface area (Å²) in [6.07, 6.45) is -0.691. The van der Waals surface area contributed by atoms with Gasteiger partial charge >= 0.3 is 12.1 Å². The summed E-state index contributed by atoms with van der Waals surface area (Å²) in [5.41, 5.74) is 1.93. The lowest BCUT2D eigenvalue weighted by atomic mass is 10.1. The number of aromatic nitrogens is 1. The lowest BCUT2D eigenvalue weighted by molar-refractivity contribution is -0.141. The number of aliphatic carboxylic acids is 1. The molecule has 1 fully saturated rings. The number of nitrogens with zero attached hydrogens (tertiary/aromatic N) is 2. The number of carboxylic acid groups (broad SMARTS) is 1. The fraction of sp³-hybridized carbons (Fsp3) is 0.370. The van der Waals surface area contributed by atoms with Gasteiger partial charge in [-0.15, -0.1) is 0 Å². The summed E-state index contributed by atoms with van der Waals surface area (Å²) < 4.78 is 39.8. The maximum Gasteiger partial charge on any atom is 0.410 e. The minimum Gasteiger partial charge on any atom is -0.489 e. The Hall–Kier alpha value is -3.70. The number of pyridine rings is 1. The molecule has 2 heterocycles. The molecule has 1 aromatic heterocycles. The summed E-state index contributed by atoms with van der Waals surface area (Å²) in [5, 5.41) is 10.6. The van der Waals surface area contributed by atoms with Gasteiger partial charge in [-0.2, -0.15) is 0 Å². The number of carboxylic acids is 1. The minimum absolute atomic E-state index is 0.0464. The van der Waals surface area contributed by atoms with Gasteiger partial charge in [0.1, 0.15) is 18.0 Å².